The lowest BCUT2D eigenvalue weighted by molar-refractivity contribution is -0.137. The molecule has 1 amide bonds. The number of hydrogen-bond acceptors (Lipinski definition) is 4. The number of carboxylic acid groups (broad SMARTS) is 1. The van der Waals surface area contributed by atoms with Crippen LogP contribution in [-0.4, -0.2) is 28.0 Å². The van der Waals surface area contributed by atoms with Crippen LogP contribution in [0.1, 0.15) is 35.3 Å². The van der Waals surface area contributed by atoms with Crippen LogP contribution in [0.3, 0.4) is 0 Å². The average molecular weight is 242 g/mol. The molecule has 0 saturated carbocycles. The highest BCUT2D eigenvalue weighted by molar-refractivity contribution is 7.09. The van der Waals surface area contributed by atoms with E-state index < -0.39 is 5.97 Å². The fourth-order valence-electron chi connectivity index (χ4n) is 1.24. The Hall–Kier alpha value is -1.43. The van der Waals surface area contributed by atoms with Crippen LogP contribution < -0.4 is 5.32 Å². The van der Waals surface area contributed by atoms with E-state index in [0.29, 0.717) is 12.1 Å². The van der Waals surface area contributed by atoms with Crippen LogP contribution in [0.5, 0.6) is 0 Å². The zero-order chi connectivity index (χ0) is 12.1. The first-order valence-corrected chi connectivity index (χ1v) is 5.85. The zero-order valence-corrected chi connectivity index (χ0v) is 10.0. The third-order valence-electron chi connectivity index (χ3n) is 2.10. The molecule has 0 aliphatic rings. The predicted octanol–water partition coefficient (Wildman–Crippen LogP) is 1.43. The predicted molar refractivity (Wildman–Crippen MR) is 60.6 cm³/mol. The summed E-state index contributed by atoms with van der Waals surface area (Å²) < 4.78 is 0. The Morgan fingerprint density at radius 1 is 1.62 bits per heavy atom. The number of carbonyl (C=O) groups is 2. The summed E-state index contributed by atoms with van der Waals surface area (Å²) >= 11 is 1.39. The topological polar surface area (TPSA) is 79.3 Å². The van der Waals surface area contributed by atoms with E-state index in [1.165, 1.54) is 11.3 Å². The van der Waals surface area contributed by atoms with Gasteiger partial charge in [-0.15, -0.1) is 11.3 Å². The van der Waals surface area contributed by atoms with Gasteiger partial charge >= 0.3 is 5.97 Å². The highest BCUT2D eigenvalue weighted by Gasteiger charge is 2.16. The number of carbonyl (C=O) groups excluding carboxylic acids is 1. The maximum Gasteiger partial charge on any atom is 0.305 e. The van der Waals surface area contributed by atoms with Gasteiger partial charge in [0, 0.05) is 11.4 Å². The lowest BCUT2D eigenvalue weighted by atomic mass is 10.1. The quantitative estimate of drug-likeness (QED) is 0.818. The van der Waals surface area contributed by atoms with Crippen LogP contribution in [0.25, 0.3) is 0 Å². The second kappa shape index (κ2) is 5.60. The number of aromatic nitrogens is 1. The van der Waals surface area contributed by atoms with Gasteiger partial charge in [-0.25, -0.2) is 4.98 Å². The van der Waals surface area contributed by atoms with E-state index in [2.05, 4.69) is 10.3 Å². The van der Waals surface area contributed by atoms with E-state index >= 15 is 0 Å². The number of amides is 1. The number of rotatable bonds is 5. The van der Waals surface area contributed by atoms with Crippen molar-refractivity contribution in [1.82, 2.24) is 10.3 Å². The van der Waals surface area contributed by atoms with E-state index in [1.54, 1.807) is 5.38 Å². The molecular formula is C10H14N2O3S. The third-order valence-corrected chi connectivity index (χ3v) is 2.87. The molecule has 0 aromatic carbocycles. The molecule has 0 fully saturated rings. The minimum atomic E-state index is -0.915. The minimum Gasteiger partial charge on any atom is -0.481 e. The monoisotopic (exact) mass is 242 g/mol. The Labute approximate surface area is 97.5 Å². The molecule has 0 radical (unpaired) electrons. The Balaban J connectivity index is 2.58. The summed E-state index contributed by atoms with van der Waals surface area (Å²) in [7, 11) is 0. The molecule has 0 aliphatic heterocycles. The van der Waals surface area contributed by atoms with Gasteiger partial charge < -0.3 is 10.4 Å². The first kappa shape index (κ1) is 12.6. The maximum absolute atomic E-state index is 11.6. The Morgan fingerprint density at radius 3 is 2.75 bits per heavy atom. The van der Waals surface area contributed by atoms with Gasteiger partial charge in [0.25, 0.3) is 5.91 Å². The van der Waals surface area contributed by atoms with Crippen LogP contribution >= 0.6 is 11.3 Å². The number of nitrogens with zero attached hydrogens (tertiary/aromatic N) is 1. The van der Waals surface area contributed by atoms with E-state index in [9.17, 15) is 9.59 Å². The van der Waals surface area contributed by atoms with Gasteiger partial charge in [0.15, 0.2) is 0 Å². The third kappa shape index (κ3) is 3.62. The van der Waals surface area contributed by atoms with Crippen LogP contribution in [0.2, 0.25) is 0 Å². The van der Waals surface area contributed by atoms with Gasteiger partial charge in [-0.2, -0.15) is 0 Å². The molecule has 1 heterocycles. The Morgan fingerprint density at radius 2 is 2.31 bits per heavy atom. The zero-order valence-electron chi connectivity index (χ0n) is 9.19. The number of aliphatic carboxylic acids is 1. The van der Waals surface area contributed by atoms with Crippen molar-refractivity contribution in [3.8, 4) is 0 Å². The molecule has 0 spiro atoms. The SMILES string of the molecule is CCC(CC(=O)O)NC(=O)c1csc(C)n1. The molecule has 0 aliphatic carbocycles. The van der Waals surface area contributed by atoms with Gasteiger partial charge in [0.05, 0.1) is 11.4 Å². The molecule has 1 atom stereocenters. The van der Waals surface area contributed by atoms with E-state index in [4.69, 9.17) is 5.11 Å². The molecule has 5 nitrogen and oxygen atoms in total. The van der Waals surface area contributed by atoms with Crippen molar-refractivity contribution in [2.75, 3.05) is 0 Å². The second-order valence-corrected chi connectivity index (χ2v) is 4.49. The van der Waals surface area contributed by atoms with Crippen LogP contribution in [0, 0.1) is 6.92 Å². The van der Waals surface area contributed by atoms with Crippen LogP contribution in [0.15, 0.2) is 5.38 Å². The molecule has 1 unspecified atom stereocenters. The van der Waals surface area contributed by atoms with E-state index in [0.717, 1.165) is 5.01 Å². The summed E-state index contributed by atoms with van der Waals surface area (Å²) in [6.45, 7) is 3.65. The molecule has 0 saturated heterocycles. The first-order chi connectivity index (χ1) is 7.52. The Bertz CT molecular complexity index is 389. The molecule has 1 rings (SSSR count). The van der Waals surface area contributed by atoms with Crippen molar-refractivity contribution in [2.24, 2.45) is 0 Å². The standard InChI is InChI=1S/C10H14N2O3S/c1-3-7(4-9(13)14)12-10(15)8-5-16-6(2)11-8/h5,7H,3-4H2,1-2H3,(H,12,15)(H,13,14). The smallest absolute Gasteiger partial charge is 0.305 e. The molecular weight excluding hydrogens is 228 g/mol. The summed E-state index contributed by atoms with van der Waals surface area (Å²) in [5.74, 6) is -1.22. The summed E-state index contributed by atoms with van der Waals surface area (Å²) in [5.41, 5.74) is 0.353. The minimum absolute atomic E-state index is 0.0641. The van der Waals surface area contributed by atoms with Crippen LogP contribution in [0.4, 0.5) is 0 Å². The molecule has 1 aromatic heterocycles. The van der Waals surface area contributed by atoms with E-state index in [-0.39, 0.29) is 18.4 Å². The highest BCUT2D eigenvalue weighted by atomic mass is 32.1. The fourth-order valence-corrected chi connectivity index (χ4v) is 1.83. The van der Waals surface area contributed by atoms with Crippen molar-refractivity contribution in [3.63, 3.8) is 0 Å². The summed E-state index contributed by atoms with van der Waals surface area (Å²) in [4.78, 5) is 26.2. The molecule has 2 N–H and O–H groups in total. The second-order valence-electron chi connectivity index (χ2n) is 3.43. The van der Waals surface area contributed by atoms with Gasteiger partial charge in [-0.05, 0) is 13.3 Å². The highest BCUT2D eigenvalue weighted by Crippen LogP contribution is 2.08. The van der Waals surface area contributed by atoms with Crippen molar-refractivity contribution in [1.29, 1.82) is 0 Å². The van der Waals surface area contributed by atoms with Gasteiger partial charge in [-0.3, -0.25) is 9.59 Å². The fraction of sp³-hybridized carbons (Fsp3) is 0.500. The lowest BCUT2D eigenvalue weighted by Gasteiger charge is -2.13. The molecule has 88 valence electrons. The van der Waals surface area contributed by atoms with Gasteiger partial charge in [0.1, 0.15) is 5.69 Å². The van der Waals surface area contributed by atoms with Crippen molar-refractivity contribution in [2.45, 2.75) is 32.7 Å². The Kier molecular flexibility index (Phi) is 4.42. The number of aryl methyl sites for hydroxylation is 1. The van der Waals surface area contributed by atoms with E-state index in [1.807, 2.05) is 13.8 Å². The molecule has 16 heavy (non-hydrogen) atoms. The number of nitrogens with one attached hydrogen (secondary N) is 1. The van der Waals surface area contributed by atoms with Gasteiger partial charge in [-0.1, -0.05) is 6.92 Å². The number of thiazole rings is 1. The first-order valence-electron chi connectivity index (χ1n) is 4.97. The van der Waals surface area contributed by atoms with Crippen molar-refractivity contribution < 1.29 is 14.7 Å². The average Bonchev–Trinajstić information content (AvgIpc) is 2.63. The van der Waals surface area contributed by atoms with Crippen molar-refractivity contribution >= 4 is 23.2 Å². The largest absolute Gasteiger partial charge is 0.481 e. The molecule has 6 heteroatoms. The van der Waals surface area contributed by atoms with Gasteiger partial charge in [0.2, 0.25) is 0 Å². The number of carboxylic acids is 1. The lowest BCUT2D eigenvalue weighted by Crippen LogP contribution is -2.36. The van der Waals surface area contributed by atoms with Crippen LogP contribution in [-0.2, 0) is 4.79 Å². The summed E-state index contributed by atoms with van der Waals surface area (Å²) in [6, 6.07) is -0.341. The maximum atomic E-state index is 11.6. The number of hydrogen-bond donors (Lipinski definition) is 2. The molecule has 1 aromatic rings. The summed E-state index contributed by atoms with van der Waals surface area (Å²) in [5, 5.41) is 13.8. The summed E-state index contributed by atoms with van der Waals surface area (Å²) in [6.07, 6.45) is 0.520. The molecule has 0 bridgehead atoms. The normalized spacial score (nSPS) is 12.1. The van der Waals surface area contributed by atoms with Crippen molar-refractivity contribution in [3.05, 3.63) is 16.1 Å².